The summed E-state index contributed by atoms with van der Waals surface area (Å²) in [5, 5.41) is 10.9. The molecule has 1 aromatic carbocycles. The summed E-state index contributed by atoms with van der Waals surface area (Å²) < 4.78 is 7.26. The van der Waals surface area contributed by atoms with E-state index < -0.39 is 0 Å². The molecule has 3 aromatic rings. The van der Waals surface area contributed by atoms with Crippen molar-refractivity contribution in [1.29, 1.82) is 0 Å². The average Bonchev–Trinajstić information content (AvgIpc) is 3.20. The molecule has 0 spiro atoms. The summed E-state index contributed by atoms with van der Waals surface area (Å²) in [6.45, 7) is 2.38. The number of ether oxygens (including phenoxy) is 1. The maximum absolute atomic E-state index is 12.5. The SMILES string of the molecule is Cl.O=C(Nc1ccc(C2CNCCO2)cc1)c1cnn(-c2ccc(Cl)cn2)c1. The molecule has 0 aliphatic carbocycles. The van der Waals surface area contributed by atoms with Crippen molar-refractivity contribution >= 4 is 35.6 Å². The van der Waals surface area contributed by atoms with Gasteiger partial charge in [0, 0.05) is 31.2 Å². The highest BCUT2D eigenvalue weighted by atomic mass is 35.5. The molecule has 0 bridgehead atoms. The highest BCUT2D eigenvalue weighted by Crippen LogP contribution is 2.21. The summed E-state index contributed by atoms with van der Waals surface area (Å²) in [5.41, 5.74) is 2.24. The summed E-state index contributed by atoms with van der Waals surface area (Å²) in [7, 11) is 0. The first-order valence-electron chi connectivity index (χ1n) is 8.59. The maximum Gasteiger partial charge on any atom is 0.258 e. The Hall–Kier alpha value is -2.45. The van der Waals surface area contributed by atoms with Crippen molar-refractivity contribution in [3.8, 4) is 5.82 Å². The molecule has 3 heterocycles. The van der Waals surface area contributed by atoms with Crippen molar-refractivity contribution in [3.63, 3.8) is 0 Å². The van der Waals surface area contributed by atoms with Gasteiger partial charge in [-0.05, 0) is 29.8 Å². The van der Waals surface area contributed by atoms with Gasteiger partial charge in [0.15, 0.2) is 5.82 Å². The van der Waals surface area contributed by atoms with Crippen molar-refractivity contribution in [2.75, 3.05) is 25.0 Å². The number of halogens is 2. The summed E-state index contributed by atoms with van der Waals surface area (Å²) >= 11 is 5.84. The zero-order valence-electron chi connectivity index (χ0n) is 14.8. The molecule has 1 saturated heterocycles. The van der Waals surface area contributed by atoms with Gasteiger partial charge in [-0.25, -0.2) is 9.67 Å². The highest BCUT2D eigenvalue weighted by molar-refractivity contribution is 6.30. The van der Waals surface area contributed by atoms with Crippen LogP contribution in [0.2, 0.25) is 5.02 Å². The van der Waals surface area contributed by atoms with E-state index in [9.17, 15) is 4.79 Å². The predicted molar refractivity (Wildman–Crippen MR) is 110 cm³/mol. The highest BCUT2D eigenvalue weighted by Gasteiger charge is 2.16. The monoisotopic (exact) mass is 419 g/mol. The van der Waals surface area contributed by atoms with Gasteiger partial charge in [-0.1, -0.05) is 23.7 Å². The molecule has 2 aromatic heterocycles. The molecule has 28 heavy (non-hydrogen) atoms. The Bertz CT molecular complexity index is 922. The number of carbonyl (C=O) groups excluding carboxylic acids is 1. The Kier molecular flexibility index (Phi) is 6.64. The number of anilines is 1. The normalized spacial score (nSPS) is 16.2. The lowest BCUT2D eigenvalue weighted by atomic mass is 10.1. The van der Waals surface area contributed by atoms with Crippen molar-refractivity contribution in [3.05, 3.63) is 71.1 Å². The second-order valence-electron chi connectivity index (χ2n) is 6.15. The van der Waals surface area contributed by atoms with Gasteiger partial charge >= 0.3 is 0 Å². The number of hydrogen-bond acceptors (Lipinski definition) is 5. The molecule has 2 N–H and O–H groups in total. The fourth-order valence-electron chi connectivity index (χ4n) is 2.83. The number of pyridine rings is 1. The van der Waals surface area contributed by atoms with E-state index in [1.54, 1.807) is 18.3 Å². The third-order valence-electron chi connectivity index (χ3n) is 4.26. The number of benzene rings is 1. The predicted octanol–water partition coefficient (Wildman–Crippen LogP) is 3.26. The smallest absolute Gasteiger partial charge is 0.258 e. The van der Waals surface area contributed by atoms with Gasteiger partial charge < -0.3 is 15.4 Å². The second kappa shape index (κ2) is 9.16. The Labute approximate surface area is 173 Å². The number of amides is 1. The molecule has 0 radical (unpaired) electrons. The van der Waals surface area contributed by atoms with Crippen LogP contribution in [-0.4, -0.2) is 40.4 Å². The van der Waals surface area contributed by atoms with E-state index in [1.165, 1.54) is 17.1 Å². The lowest BCUT2D eigenvalue weighted by Gasteiger charge is -2.24. The van der Waals surface area contributed by atoms with Crippen molar-refractivity contribution < 1.29 is 9.53 Å². The summed E-state index contributed by atoms with van der Waals surface area (Å²) in [6, 6.07) is 11.1. The number of hydrogen-bond donors (Lipinski definition) is 2. The van der Waals surface area contributed by atoms with Gasteiger partial charge in [-0.3, -0.25) is 4.79 Å². The Morgan fingerprint density at radius 2 is 2.04 bits per heavy atom. The van der Waals surface area contributed by atoms with Crippen molar-refractivity contribution in [2.45, 2.75) is 6.10 Å². The topological polar surface area (TPSA) is 81.1 Å². The van der Waals surface area contributed by atoms with Crippen LogP contribution < -0.4 is 10.6 Å². The molecule has 1 atom stereocenters. The third kappa shape index (κ3) is 4.69. The van der Waals surface area contributed by atoms with E-state index in [-0.39, 0.29) is 24.4 Å². The summed E-state index contributed by atoms with van der Waals surface area (Å²) in [5.74, 6) is 0.349. The number of carbonyl (C=O) groups is 1. The van der Waals surface area contributed by atoms with E-state index in [0.717, 1.165) is 18.7 Å². The Morgan fingerprint density at radius 1 is 1.21 bits per heavy atom. The first kappa shape index (κ1) is 20.3. The van der Waals surface area contributed by atoms with Crippen molar-refractivity contribution in [1.82, 2.24) is 20.1 Å². The molecule has 1 aliphatic rings. The minimum atomic E-state index is -0.237. The lowest BCUT2D eigenvalue weighted by molar-refractivity contribution is 0.0277. The van der Waals surface area contributed by atoms with Crippen LogP contribution in [0.3, 0.4) is 0 Å². The van der Waals surface area contributed by atoms with E-state index in [4.69, 9.17) is 16.3 Å². The lowest BCUT2D eigenvalue weighted by Crippen LogP contribution is -2.33. The van der Waals surface area contributed by atoms with Gasteiger partial charge in [0.1, 0.15) is 0 Å². The van der Waals surface area contributed by atoms with Crippen molar-refractivity contribution in [2.24, 2.45) is 0 Å². The number of aromatic nitrogens is 3. The molecule has 0 saturated carbocycles. The number of morpholine rings is 1. The fourth-order valence-corrected chi connectivity index (χ4v) is 2.94. The Balaban J connectivity index is 0.00000225. The zero-order valence-corrected chi connectivity index (χ0v) is 16.4. The van der Waals surface area contributed by atoms with Gasteiger partial charge in [-0.2, -0.15) is 5.10 Å². The molecular weight excluding hydrogens is 401 g/mol. The molecule has 1 aliphatic heterocycles. The van der Waals surface area contributed by atoms with E-state index in [2.05, 4.69) is 20.7 Å². The van der Waals surface area contributed by atoms with Gasteiger partial charge in [0.25, 0.3) is 5.91 Å². The molecular formula is C19H19Cl2N5O2. The summed E-state index contributed by atoms with van der Waals surface area (Å²) in [4.78, 5) is 16.6. The van der Waals surface area contributed by atoms with Crippen LogP contribution in [0.5, 0.6) is 0 Å². The molecule has 1 unspecified atom stereocenters. The second-order valence-corrected chi connectivity index (χ2v) is 6.58. The maximum atomic E-state index is 12.5. The number of rotatable bonds is 4. The van der Waals surface area contributed by atoms with Crippen LogP contribution >= 0.6 is 24.0 Å². The minimum Gasteiger partial charge on any atom is -0.371 e. The molecule has 146 valence electrons. The van der Waals surface area contributed by atoms with E-state index >= 15 is 0 Å². The molecule has 1 fully saturated rings. The first-order chi connectivity index (χ1) is 13.2. The van der Waals surface area contributed by atoms with Crippen LogP contribution in [-0.2, 0) is 4.74 Å². The van der Waals surface area contributed by atoms with E-state index in [0.29, 0.717) is 28.7 Å². The molecule has 1 amide bonds. The van der Waals surface area contributed by atoms with Crippen LogP contribution in [0.1, 0.15) is 22.0 Å². The number of nitrogens with one attached hydrogen (secondary N) is 2. The standard InChI is InChI=1S/C19H18ClN5O2.ClH/c20-15-3-6-18(22-10-15)25-12-14(9-23-25)19(26)24-16-4-1-13(2-5-16)17-11-21-7-8-27-17;/h1-6,9-10,12,17,21H,7-8,11H2,(H,24,26);1H. The molecule has 4 rings (SSSR count). The zero-order chi connectivity index (χ0) is 18.6. The molecule has 9 heteroatoms. The summed E-state index contributed by atoms with van der Waals surface area (Å²) in [6.07, 6.45) is 4.71. The fraction of sp³-hybridized carbons (Fsp3) is 0.211. The van der Waals surface area contributed by atoms with Gasteiger partial charge in [-0.15, -0.1) is 12.4 Å². The quantitative estimate of drug-likeness (QED) is 0.678. The van der Waals surface area contributed by atoms with Crippen LogP contribution in [0, 0.1) is 0 Å². The molecule has 7 nitrogen and oxygen atoms in total. The largest absolute Gasteiger partial charge is 0.371 e. The first-order valence-corrected chi connectivity index (χ1v) is 8.97. The minimum absolute atomic E-state index is 0. The van der Waals surface area contributed by atoms with Crippen LogP contribution in [0.4, 0.5) is 5.69 Å². The van der Waals surface area contributed by atoms with Gasteiger partial charge in [0.2, 0.25) is 0 Å². The van der Waals surface area contributed by atoms with Crippen LogP contribution in [0.15, 0.2) is 55.0 Å². The van der Waals surface area contributed by atoms with Crippen LogP contribution in [0.25, 0.3) is 5.82 Å². The number of nitrogens with zero attached hydrogens (tertiary/aromatic N) is 3. The average molecular weight is 420 g/mol. The van der Waals surface area contributed by atoms with E-state index in [1.807, 2.05) is 24.3 Å². The third-order valence-corrected chi connectivity index (χ3v) is 4.48. The Morgan fingerprint density at radius 3 is 2.71 bits per heavy atom. The van der Waals surface area contributed by atoms with Gasteiger partial charge in [0.05, 0.1) is 29.5 Å².